The second kappa shape index (κ2) is 13.0. The maximum absolute atomic E-state index is 10.4. The minimum atomic E-state index is -0.905. The van der Waals surface area contributed by atoms with Crippen LogP contribution in [-0.2, 0) is 9.53 Å². The van der Waals surface area contributed by atoms with Gasteiger partial charge in [0.1, 0.15) is 0 Å². The number of hydrogen-bond acceptors (Lipinski definition) is 5. The van der Waals surface area contributed by atoms with Crippen LogP contribution >= 0.6 is 0 Å². The van der Waals surface area contributed by atoms with Crippen LogP contribution in [-0.4, -0.2) is 56.9 Å². The van der Waals surface area contributed by atoms with Crippen molar-refractivity contribution in [3.8, 4) is 0 Å². The Hall–Kier alpha value is -1.21. The minimum absolute atomic E-state index is 0.0129. The van der Waals surface area contributed by atoms with Crippen molar-refractivity contribution in [2.75, 3.05) is 0 Å². The van der Waals surface area contributed by atoms with Gasteiger partial charge >= 0.3 is 5.97 Å². The summed E-state index contributed by atoms with van der Waals surface area (Å²) in [5.74, 6) is -0.889. The fourth-order valence-corrected chi connectivity index (χ4v) is 2.98. The Morgan fingerprint density at radius 2 is 1.96 bits per heavy atom. The molecule has 0 aromatic carbocycles. The van der Waals surface area contributed by atoms with E-state index >= 15 is 0 Å². The summed E-state index contributed by atoms with van der Waals surface area (Å²) in [6.07, 6.45) is 10.3. The van der Waals surface area contributed by atoms with E-state index in [0.717, 1.165) is 6.42 Å². The van der Waals surface area contributed by atoms with Gasteiger partial charge in [-0.2, -0.15) is 0 Å². The molecule has 0 amide bonds. The molecule has 1 aliphatic heterocycles. The molecule has 6 heteroatoms. The molecule has 1 heterocycles. The monoisotopic (exact) mass is 370 g/mol. The van der Waals surface area contributed by atoms with Crippen LogP contribution < -0.4 is 0 Å². The number of aliphatic hydroxyl groups is 3. The zero-order valence-corrected chi connectivity index (χ0v) is 15.7. The number of hydrogen-bond donors (Lipinski definition) is 4. The van der Waals surface area contributed by atoms with Crippen molar-refractivity contribution < 1.29 is 30.0 Å². The molecule has 6 nitrogen and oxygen atoms in total. The Labute approximate surface area is 156 Å². The van der Waals surface area contributed by atoms with E-state index in [2.05, 4.69) is 13.0 Å². The number of aliphatic hydroxyl groups excluding tert-OH is 3. The van der Waals surface area contributed by atoms with Crippen LogP contribution in [0.5, 0.6) is 0 Å². The molecule has 0 saturated carbocycles. The lowest BCUT2D eigenvalue weighted by atomic mass is 10.0. The maximum Gasteiger partial charge on any atom is 0.303 e. The molecule has 0 aromatic heterocycles. The van der Waals surface area contributed by atoms with E-state index in [1.54, 1.807) is 0 Å². The molecule has 0 aromatic rings. The Morgan fingerprint density at radius 3 is 2.65 bits per heavy atom. The number of aliphatic carboxylic acids is 1. The average Bonchev–Trinajstić information content (AvgIpc) is 2.96. The van der Waals surface area contributed by atoms with Gasteiger partial charge in [0.2, 0.25) is 0 Å². The number of carboxylic acids is 1. The van der Waals surface area contributed by atoms with Crippen LogP contribution in [0, 0.1) is 0 Å². The van der Waals surface area contributed by atoms with Gasteiger partial charge in [0, 0.05) is 12.8 Å². The van der Waals surface area contributed by atoms with Crippen molar-refractivity contribution in [1.82, 2.24) is 0 Å². The molecule has 1 rings (SSSR count). The summed E-state index contributed by atoms with van der Waals surface area (Å²) in [4.78, 5) is 10.4. The smallest absolute Gasteiger partial charge is 0.303 e. The highest BCUT2D eigenvalue weighted by atomic mass is 16.5. The number of carboxylic acid groups (broad SMARTS) is 1. The molecular weight excluding hydrogens is 336 g/mol. The first-order valence-electron chi connectivity index (χ1n) is 9.68. The predicted octanol–water partition coefficient (Wildman–Crippen LogP) is 2.56. The fraction of sp³-hybridized carbons (Fsp3) is 0.750. The molecule has 0 bridgehead atoms. The van der Waals surface area contributed by atoms with Gasteiger partial charge in [-0.3, -0.25) is 4.79 Å². The van der Waals surface area contributed by atoms with Gasteiger partial charge in [0.15, 0.2) is 0 Å². The normalized spacial score (nSPS) is 25.9. The van der Waals surface area contributed by atoms with E-state index in [9.17, 15) is 20.1 Å². The molecule has 0 radical (unpaired) electrons. The number of ether oxygens (including phenoxy) is 1. The second-order valence-corrected chi connectivity index (χ2v) is 6.95. The third-order valence-corrected chi connectivity index (χ3v) is 4.56. The van der Waals surface area contributed by atoms with Crippen molar-refractivity contribution in [1.29, 1.82) is 0 Å². The molecule has 1 aliphatic rings. The SMILES string of the molecule is CCCCC/C=C\C[C@@H]1O[C@H]([C@H](O)/C=C/[C@H](O)CCCC(=O)O)C[C@@H]1O. The van der Waals surface area contributed by atoms with Crippen LogP contribution in [0.25, 0.3) is 0 Å². The Kier molecular flexibility index (Phi) is 11.4. The highest BCUT2D eigenvalue weighted by Crippen LogP contribution is 2.26. The van der Waals surface area contributed by atoms with Crippen LogP contribution in [0.4, 0.5) is 0 Å². The lowest BCUT2D eigenvalue weighted by Gasteiger charge is -2.16. The van der Waals surface area contributed by atoms with Gasteiger partial charge in [-0.05, 0) is 32.1 Å². The van der Waals surface area contributed by atoms with E-state index in [4.69, 9.17) is 9.84 Å². The predicted molar refractivity (Wildman–Crippen MR) is 99.8 cm³/mol. The summed E-state index contributed by atoms with van der Waals surface area (Å²) < 4.78 is 5.75. The fourth-order valence-electron chi connectivity index (χ4n) is 2.98. The standard InChI is InChI=1S/C20H34O6/c1-2-3-4-5-6-7-10-18-17(23)14-19(26-18)16(22)13-12-15(21)9-8-11-20(24)25/h6-7,12-13,15-19,21-23H,2-5,8-11,14H2,1H3,(H,24,25)/b7-6-,13-12+/t15-,16-,17+,18+,19+/m1/s1. The average molecular weight is 370 g/mol. The number of unbranched alkanes of at least 4 members (excludes halogenated alkanes) is 3. The Balaban J connectivity index is 2.31. The van der Waals surface area contributed by atoms with Crippen LogP contribution in [0.15, 0.2) is 24.3 Å². The van der Waals surface area contributed by atoms with E-state index in [1.807, 2.05) is 6.08 Å². The summed E-state index contributed by atoms with van der Waals surface area (Å²) in [6, 6.07) is 0. The molecule has 150 valence electrons. The van der Waals surface area contributed by atoms with Crippen molar-refractivity contribution in [2.24, 2.45) is 0 Å². The second-order valence-electron chi connectivity index (χ2n) is 6.95. The van der Waals surface area contributed by atoms with Gasteiger partial charge in [-0.25, -0.2) is 0 Å². The lowest BCUT2D eigenvalue weighted by Crippen LogP contribution is -2.24. The lowest BCUT2D eigenvalue weighted by molar-refractivity contribution is -0.137. The van der Waals surface area contributed by atoms with Gasteiger partial charge < -0.3 is 25.2 Å². The summed E-state index contributed by atoms with van der Waals surface area (Å²) in [5.41, 5.74) is 0. The summed E-state index contributed by atoms with van der Waals surface area (Å²) in [7, 11) is 0. The highest BCUT2D eigenvalue weighted by Gasteiger charge is 2.36. The van der Waals surface area contributed by atoms with Gasteiger partial charge in [0.05, 0.1) is 30.5 Å². The maximum atomic E-state index is 10.4. The first-order chi connectivity index (χ1) is 12.4. The van der Waals surface area contributed by atoms with Crippen molar-refractivity contribution >= 4 is 5.97 Å². The molecule has 1 saturated heterocycles. The molecular formula is C20H34O6. The van der Waals surface area contributed by atoms with Crippen molar-refractivity contribution in [2.45, 2.75) is 95.2 Å². The van der Waals surface area contributed by atoms with Crippen molar-refractivity contribution in [3.05, 3.63) is 24.3 Å². The topological polar surface area (TPSA) is 107 Å². The number of allylic oxidation sites excluding steroid dienone is 1. The summed E-state index contributed by atoms with van der Waals surface area (Å²) in [6.45, 7) is 2.17. The quantitative estimate of drug-likeness (QED) is 0.293. The molecule has 26 heavy (non-hydrogen) atoms. The molecule has 0 unspecified atom stereocenters. The van der Waals surface area contributed by atoms with Gasteiger partial charge in [0.25, 0.3) is 0 Å². The summed E-state index contributed by atoms with van der Waals surface area (Å²) in [5, 5.41) is 38.6. The van der Waals surface area contributed by atoms with Crippen LogP contribution in [0.2, 0.25) is 0 Å². The Bertz CT molecular complexity index is 448. The third-order valence-electron chi connectivity index (χ3n) is 4.56. The molecule has 4 N–H and O–H groups in total. The van der Waals surface area contributed by atoms with Crippen molar-refractivity contribution in [3.63, 3.8) is 0 Å². The summed E-state index contributed by atoms with van der Waals surface area (Å²) >= 11 is 0. The third kappa shape index (κ3) is 9.48. The van der Waals surface area contributed by atoms with Crippen LogP contribution in [0.3, 0.4) is 0 Å². The highest BCUT2D eigenvalue weighted by molar-refractivity contribution is 5.66. The van der Waals surface area contributed by atoms with Crippen LogP contribution in [0.1, 0.15) is 64.7 Å². The van der Waals surface area contributed by atoms with E-state index in [1.165, 1.54) is 31.4 Å². The zero-order valence-electron chi connectivity index (χ0n) is 15.7. The minimum Gasteiger partial charge on any atom is -0.481 e. The first kappa shape index (κ1) is 22.8. The molecule has 0 spiro atoms. The molecule has 1 fully saturated rings. The van der Waals surface area contributed by atoms with E-state index in [-0.39, 0.29) is 12.5 Å². The van der Waals surface area contributed by atoms with Gasteiger partial charge in [-0.1, -0.05) is 44.1 Å². The number of carbonyl (C=O) groups is 1. The van der Waals surface area contributed by atoms with E-state index in [0.29, 0.717) is 25.7 Å². The Morgan fingerprint density at radius 1 is 1.19 bits per heavy atom. The number of rotatable bonds is 13. The van der Waals surface area contributed by atoms with E-state index < -0.39 is 30.4 Å². The zero-order chi connectivity index (χ0) is 19.4. The first-order valence-corrected chi connectivity index (χ1v) is 9.68. The largest absolute Gasteiger partial charge is 0.481 e. The van der Waals surface area contributed by atoms with Gasteiger partial charge in [-0.15, -0.1) is 0 Å². The molecule has 5 atom stereocenters. The molecule has 0 aliphatic carbocycles.